The second-order valence-electron chi connectivity index (χ2n) is 5.37. The van der Waals surface area contributed by atoms with Gasteiger partial charge in [0, 0.05) is 29.8 Å². The van der Waals surface area contributed by atoms with Crippen LogP contribution < -0.4 is 11.1 Å². The predicted octanol–water partition coefficient (Wildman–Crippen LogP) is 1.73. The van der Waals surface area contributed by atoms with Crippen molar-refractivity contribution in [2.45, 2.75) is 33.1 Å². The number of pyridine rings is 1. The number of ether oxygens (including phenoxy) is 1. The van der Waals surface area contributed by atoms with Crippen molar-refractivity contribution in [1.82, 2.24) is 10.3 Å². The molecule has 106 valence electrons. The number of nitrogens with two attached hydrogens (primary N) is 1. The maximum atomic E-state index is 12.0. The Hall–Kier alpha value is -1.62. The molecular formula is C14H23N3O2. The topological polar surface area (TPSA) is 77.2 Å². The number of anilines is 1. The summed E-state index contributed by atoms with van der Waals surface area (Å²) in [5.74, 6) is 0.210. The zero-order chi connectivity index (χ0) is 14.5. The lowest BCUT2D eigenvalue weighted by Crippen LogP contribution is -2.28. The highest BCUT2D eigenvalue weighted by Crippen LogP contribution is 2.22. The fourth-order valence-electron chi connectivity index (χ4n) is 1.55. The zero-order valence-corrected chi connectivity index (χ0v) is 12.1. The van der Waals surface area contributed by atoms with Crippen LogP contribution in [0, 0.1) is 0 Å². The summed E-state index contributed by atoms with van der Waals surface area (Å²) >= 11 is 0. The standard InChI is InChI=1S/C14H23N3O2/c1-5-19-7-6-16-13(18)10-8-11(14(2,3)4)17-12(15)9-10/h8-9H,5-7H2,1-4H3,(H2,15,17)(H,16,18). The molecule has 5 nitrogen and oxygen atoms in total. The highest BCUT2D eigenvalue weighted by atomic mass is 16.5. The van der Waals surface area contributed by atoms with Gasteiger partial charge in [-0.1, -0.05) is 20.8 Å². The van der Waals surface area contributed by atoms with E-state index in [1.165, 1.54) is 0 Å². The third-order valence-electron chi connectivity index (χ3n) is 2.61. The number of hydrogen-bond acceptors (Lipinski definition) is 4. The van der Waals surface area contributed by atoms with Crippen LogP contribution in [-0.2, 0) is 10.2 Å². The van der Waals surface area contributed by atoms with Gasteiger partial charge < -0.3 is 15.8 Å². The summed E-state index contributed by atoms with van der Waals surface area (Å²) in [6, 6.07) is 3.37. The first-order chi connectivity index (χ1) is 8.84. The Balaban J connectivity index is 2.77. The summed E-state index contributed by atoms with van der Waals surface area (Å²) in [5, 5.41) is 2.79. The molecule has 1 rings (SSSR count). The zero-order valence-electron chi connectivity index (χ0n) is 12.1. The van der Waals surface area contributed by atoms with Crippen LogP contribution in [0.4, 0.5) is 5.82 Å². The van der Waals surface area contributed by atoms with E-state index < -0.39 is 0 Å². The molecule has 0 saturated carbocycles. The highest BCUT2D eigenvalue weighted by molar-refractivity contribution is 5.94. The Bertz CT molecular complexity index is 439. The molecule has 0 aromatic carbocycles. The first-order valence-corrected chi connectivity index (χ1v) is 6.48. The van der Waals surface area contributed by atoms with Crippen molar-refractivity contribution < 1.29 is 9.53 Å². The molecule has 19 heavy (non-hydrogen) atoms. The fourth-order valence-corrected chi connectivity index (χ4v) is 1.55. The average molecular weight is 265 g/mol. The van der Waals surface area contributed by atoms with Gasteiger partial charge in [0.05, 0.1) is 6.61 Å². The Morgan fingerprint density at radius 2 is 2.11 bits per heavy atom. The molecule has 0 aliphatic rings. The van der Waals surface area contributed by atoms with E-state index in [9.17, 15) is 4.79 Å². The molecule has 0 fully saturated rings. The van der Waals surface area contributed by atoms with E-state index in [4.69, 9.17) is 10.5 Å². The van der Waals surface area contributed by atoms with E-state index in [2.05, 4.69) is 10.3 Å². The number of nitrogen functional groups attached to an aromatic ring is 1. The maximum absolute atomic E-state index is 12.0. The van der Waals surface area contributed by atoms with Gasteiger partial charge in [0.2, 0.25) is 0 Å². The van der Waals surface area contributed by atoms with E-state index in [-0.39, 0.29) is 11.3 Å². The Morgan fingerprint density at radius 3 is 2.68 bits per heavy atom. The lowest BCUT2D eigenvalue weighted by molar-refractivity contribution is 0.0922. The van der Waals surface area contributed by atoms with Crippen LogP contribution in [0.25, 0.3) is 0 Å². The molecule has 5 heteroatoms. The number of aromatic nitrogens is 1. The highest BCUT2D eigenvalue weighted by Gasteiger charge is 2.18. The second kappa shape index (κ2) is 6.52. The van der Waals surface area contributed by atoms with Gasteiger partial charge in [-0.3, -0.25) is 4.79 Å². The van der Waals surface area contributed by atoms with Crippen LogP contribution >= 0.6 is 0 Å². The summed E-state index contributed by atoms with van der Waals surface area (Å²) in [6.07, 6.45) is 0. The minimum atomic E-state index is -0.153. The minimum absolute atomic E-state index is 0.143. The van der Waals surface area contributed by atoms with Gasteiger partial charge in [-0.2, -0.15) is 0 Å². The van der Waals surface area contributed by atoms with Crippen molar-refractivity contribution in [3.05, 3.63) is 23.4 Å². The van der Waals surface area contributed by atoms with Crippen LogP contribution in [-0.4, -0.2) is 30.6 Å². The third kappa shape index (κ3) is 4.87. The smallest absolute Gasteiger partial charge is 0.251 e. The fraction of sp³-hybridized carbons (Fsp3) is 0.571. The van der Waals surface area contributed by atoms with Crippen molar-refractivity contribution >= 4 is 11.7 Å². The van der Waals surface area contributed by atoms with Gasteiger partial charge in [0.25, 0.3) is 5.91 Å². The van der Waals surface area contributed by atoms with Crippen LogP contribution in [0.3, 0.4) is 0 Å². The van der Waals surface area contributed by atoms with Crippen LogP contribution in [0.15, 0.2) is 12.1 Å². The van der Waals surface area contributed by atoms with Crippen LogP contribution in [0.2, 0.25) is 0 Å². The van der Waals surface area contributed by atoms with Gasteiger partial charge in [-0.15, -0.1) is 0 Å². The van der Waals surface area contributed by atoms with E-state index in [1.54, 1.807) is 12.1 Å². The van der Waals surface area contributed by atoms with Crippen LogP contribution in [0.1, 0.15) is 43.7 Å². The van der Waals surface area contributed by atoms with Gasteiger partial charge in [0.1, 0.15) is 5.82 Å². The number of rotatable bonds is 5. The van der Waals surface area contributed by atoms with Gasteiger partial charge in [0.15, 0.2) is 0 Å². The molecule has 0 aliphatic carbocycles. The molecule has 0 aliphatic heterocycles. The van der Waals surface area contributed by atoms with Crippen molar-refractivity contribution in [2.75, 3.05) is 25.5 Å². The molecule has 0 spiro atoms. The summed E-state index contributed by atoms with van der Waals surface area (Å²) in [6.45, 7) is 9.66. The molecule has 0 bridgehead atoms. The SMILES string of the molecule is CCOCCNC(=O)c1cc(N)nc(C(C)(C)C)c1. The van der Waals surface area contributed by atoms with Crippen molar-refractivity contribution in [3.8, 4) is 0 Å². The first-order valence-electron chi connectivity index (χ1n) is 6.48. The summed E-state index contributed by atoms with van der Waals surface area (Å²) in [4.78, 5) is 16.3. The number of amides is 1. The van der Waals surface area contributed by atoms with E-state index >= 15 is 0 Å². The lowest BCUT2D eigenvalue weighted by atomic mass is 9.90. The number of carbonyl (C=O) groups is 1. The molecule has 0 radical (unpaired) electrons. The summed E-state index contributed by atoms with van der Waals surface area (Å²) < 4.78 is 5.17. The second-order valence-corrected chi connectivity index (χ2v) is 5.37. The molecule has 3 N–H and O–H groups in total. The van der Waals surface area contributed by atoms with E-state index in [0.29, 0.717) is 31.1 Å². The largest absolute Gasteiger partial charge is 0.384 e. The van der Waals surface area contributed by atoms with Crippen molar-refractivity contribution in [2.24, 2.45) is 0 Å². The molecule has 1 aromatic heterocycles. The van der Waals surface area contributed by atoms with Gasteiger partial charge in [-0.05, 0) is 19.1 Å². The predicted molar refractivity (Wildman–Crippen MR) is 76.2 cm³/mol. The average Bonchev–Trinajstić information content (AvgIpc) is 2.32. The first kappa shape index (κ1) is 15.4. The van der Waals surface area contributed by atoms with Gasteiger partial charge in [-0.25, -0.2) is 4.98 Å². The quantitative estimate of drug-likeness (QED) is 0.795. The molecule has 1 heterocycles. The molecule has 1 aromatic rings. The van der Waals surface area contributed by atoms with Crippen molar-refractivity contribution in [1.29, 1.82) is 0 Å². The number of nitrogens with one attached hydrogen (secondary N) is 1. The summed E-state index contributed by atoms with van der Waals surface area (Å²) in [5.41, 5.74) is 6.96. The molecule has 0 unspecified atom stereocenters. The third-order valence-corrected chi connectivity index (χ3v) is 2.61. The number of hydrogen-bond donors (Lipinski definition) is 2. The molecule has 0 atom stereocenters. The molecule has 1 amide bonds. The Labute approximate surface area is 114 Å². The van der Waals surface area contributed by atoms with Crippen LogP contribution in [0.5, 0.6) is 0 Å². The summed E-state index contributed by atoms with van der Waals surface area (Å²) in [7, 11) is 0. The molecule has 0 saturated heterocycles. The van der Waals surface area contributed by atoms with Crippen molar-refractivity contribution in [3.63, 3.8) is 0 Å². The minimum Gasteiger partial charge on any atom is -0.384 e. The normalized spacial score (nSPS) is 11.4. The lowest BCUT2D eigenvalue weighted by Gasteiger charge is -2.19. The number of nitrogens with zero attached hydrogens (tertiary/aromatic N) is 1. The number of carbonyl (C=O) groups excluding carboxylic acids is 1. The van der Waals surface area contributed by atoms with Gasteiger partial charge >= 0.3 is 0 Å². The monoisotopic (exact) mass is 265 g/mol. The molecular weight excluding hydrogens is 242 g/mol. The Morgan fingerprint density at radius 1 is 1.42 bits per heavy atom. The maximum Gasteiger partial charge on any atom is 0.251 e. The van der Waals surface area contributed by atoms with E-state index in [1.807, 2.05) is 27.7 Å². The van der Waals surface area contributed by atoms with E-state index in [0.717, 1.165) is 5.69 Å². The Kier molecular flexibility index (Phi) is 5.30.